The van der Waals surface area contributed by atoms with Crippen LogP contribution in [0.15, 0.2) is 12.1 Å². The smallest absolute Gasteiger partial charge is 0.194 e. The summed E-state index contributed by atoms with van der Waals surface area (Å²) in [7, 11) is 0. The van der Waals surface area contributed by atoms with Gasteiger partial charge in [0.2, 0.25) is 0 Å². The minimum absolute atomic E-state index is 0.0798. The van der Waals surface area contributed by atoms with E-state index in [4.69, 9.17) is 5.73 Å². The average molecular weight is 243 g/mol. The molecule has 4 heteroatoms. The fourth-order valence-electron chi connectivity index (χ4n) is 2.73. The standard InChI is InChI=1S/C13H16F3N/c14-11-6-5-10(12(15)13(11)16)9-4-2-1-3-8(9)7-17/h5-6,8-9H,1-4,7,17H2. The van der Waals surface area contributed by atoms with Gasteiger partial charge in [-0.25, -0.2) is 13.2 Å². The van der Waals surface area contributed by atoms with Gasteiger partial charge in [0.05, 0.1) is 0 Å². The van der Waals surface area contributed by atoms with Gasteiger partial charge >= 0.3 is 0 Å². The molecule has 2 atom stereocenters. The van der Waals surface area contributed by atoms with Crippen molar-refractivity contribution in [3.05, 3.63) is 35.1 Å². The van der Waals surface area contributed by atoms with Gasteiger partial charge in [-0.1, -0.05) is 18.9 Å². The van der Waals surface area contributed by atoms with E-state index in [-0.39, 0.29) is 17.4 Å². The van der Waals surface area contributed by atoms with Gasteiger partial charge in [-0.2, -0.15) is 0 Å². The third kappa shape index (κ3) is 2.32. The highest BCUT2D eigenvalue weighted by Gasteiger charge is 2.29. The first-order chi connectivity index (χ1) is 8.15. The molecular formula is C13H16F3N. The summed E-state index contributed by atoms with van der Waals surface area (Å²) in [5.41, 5.74) is 5.94. The maximum absolute atomic E-state index is 13.7. The second-order valence-corrected chi connectivity index (χ2v) is 4.65. The number of nitrogens with two attached hydrogens (primary N) is 1. The van der Waals surface area contributed by atoms with E-state index in [0.29, 0.717) is 6.54 Å². The Hall–Kier alpha value is -1.03. The topological polar surface area (TPSA) is 26.0 Å². The average Bonchev–Trinajstić information content (AvgIpc) is 2.36. The minimum atomic E-state index is -1.37. The zero-order valence-corrected chi connectivity index (χ0v) is 9.56. The van der Waals surface area contributed by atoms with Crippen LogP contribution in [0.25, 0.3) is 0 Å². The predicted molar refractivity (Wildman–Crippen MR) is 60.1 cm³/mol. The summed E-state index contributed by atoms with van der Waals surface area (Å²) in [4.78, 5) is 0. The molecule has 2 unspecified atom stereocenters. The SMILES string of the molecule is NCC1CCCCC1c1ccc(F)c(F)c1F. The number of hydrogen-bond donors (Lipinski definition) is 1. The molecule has 0 aliphatic heterocycles. The van der Waals surface area contributed by atoms with E-state index < -0.39 is 17.5 Å². The van der Waals surface area contributed by atoms with Crippen LogP contribution >= 0.6 is 0 Å². The lowest BCUT2D eigenvalue weighted by Gasteiger charge is -2.31. The molecule has 1 fully saturated rings. The van der Waals surface area contributed by atoms with Crippen molar-refractivity contribution in [1.82, 2.24) is 0 Å². The van der Waals surface area contributed by atoms with Crippen molar-refractivity contribution in [2.24, 2.45) is 11.7 Å². The summed E-state index contributed by atoms with van der Waals surface area (Å²) in [5.74, 6) is -3.46. The van der Waals surface area contributed by atoms with Gasteiger partial charge in [0.25, 0.3) is 0 Å². The molecule has 2 rings (SSSR count). The second-order valence-electron chi connectivity index (χ2n) is 4.65. The highest BCUT2D eigenvalue weighted by molar-refractivity contribution is 5.25. The fourth-order valence-corrected chi connectivity index (χ4v) is 2.73. The fraction of sp³-hybridized carbons (Fsp3) is 0.538. The van der Waals surface area contributed by atoms with Gasteiger partial charge in [0, 0.05) is 0 Å². The second kappa shape index (κ2) is 5.08. The van der Waals surface area contributed by atoms with Gasteiger partial charge in [0.1, 0.15) is 0 Å². The molecule has 0 bridgehead atoms. The van der Waals surface area contributed by atoms with Crippen molar-refractivity contribution >= 4 is 0 Å². The first kappa shape index (κ1) is 12.4. The number of halogens is 3. The lowest BCUT2D eigenvalue weighted by atomic mass is 9.75. The Labute approximate surface area is 98.8 Å². The van der Waals surface area contributed by atoms with E-state index in [9.17, 15) is 13.2 Å². The molecule has 1 aliphatic rings. The molecule has 0 spiro atoms. The zero-order chi connectivity index (χ0) is 12.4. The minimum Gasteiger partial charge on any atom is -0.330 e. The van der Waals surface area contributed by atoms with Crippen molar-refractivity contribution in [3.63, 3.8) is 0 Å². The monoisotopic (exact) mass is 243 g/mol. The maximum Gasteiger partial charge on any atom is 0.194 e. The summed E-state index contributed by atoms with van der Waals surface area (Å²) in [6, 6.07) is 2.35. The van der Waals surface area contributed by atoms with Crippen LogP contribution in [0.2, 0.25) is 0 Å². The molecule has 1 saturated carbocycles. The molecule has 2 N–H and O–H groups in total. The summed E-state index contributed by atoms with van der Waals surface area (Å²) < 4.78 is 39.8. The van der Waals surface area contributed by atoms with E-state index in [2.05, 4.69) is 0 Å². The molecule has 94 valence electrons. The van der Waals surface area contributed by atoms with Gasteiger partial charge < -0.3 is 5.73 Å². The first-order valence-electron chi connectivity index (χ1n) is 5.98. The van der Waals surface area contributed by atoms with Crippen LogP contribution in [0.1, 0.15) is 37.2 Å². The molecule has 1 aromatic rings. The lowest BCUT2D eigenvalue weighted by Crippen LogP contribution is -2.26. The largest absolute Gasteiger partial charge is 0.330 e. The van der Waals surface area contributed by atoms with Crippen LogP contribution < -0.4 is 5.73 Å². The third-order valence-electron chi connectivity index (χ3n) is 3.68. The van der Waals surface area contributed by atoms with Gasteiger partial charge in [-0.05, 0) is 42.9 Å². The van der Waals surface area contributed by atoms with Crippen molar-refractivity contribution in [1.29, 1.82) is 0 Å². The van der Waals surface area contributed by atoms with Crippen LogP contribution in [0.4, 0.5) is 13.2 Å². The molecule has 1 aliphatic carbocycles. The van der Waals surface area contributed by atoms with Crippen molar-refractivity contribution in [2.75, 3.05) is 6.54 Å². The Morgan fingerprint density at radius 2 is 1.76 bits per heavy atom. The Balaban J connectivity index is 2.35. The molecule has 0 radical (unpaired) electrons. The highest BCUT2D eigenvalue weighted by Crippen LogP contribution is 2.38. The van der Waals surface area contributed by atoms with E-state index in [1.165, 1.54) is 6.07 Å². The van der Waals surface area contributed by atoms with E-state index in [0.717, 1.165) is 31.7 Å². The molecular weight excluding hydrogens is 227 g/mol. The summed E-state index contributed by atoms with van der Waals surface area (Å²) in [5, 5.41) is 0. The van der Waals surface area contributed by atoms with Crippen LogP contribution in [-0.4, -0.2) is 6.54 Å². The molecule has 0 heterocycles. The van der Waals surface area contributed by atoms with Crippen LogP contribution in [0.3, 0.4) is 0 Å². The third-order valence-corrected chi connectivity index (χ3v) is 3.68. The quantitative estimate of drug-likeness (QED) is 0.792. The van der Waals surface area contributed by atoms with Crippen molar-refractivity contribution in [2.45, 2.75) is 31.6 Å². The summed E-state index contributed by atoms with van der Waals surface area (Å²) >= 11 is 0. The van der Waals surface area contributed by atoms with E-state index in [1.54, 1.807) is 0 Å². The Bertz CT molecular complexity index is 406. The van der Waals surface area contributed by atoms with Gasteiger partial charge in [0.15, 0.2) is 17.5 Å². The van der Waals surface area contributed by atoms with E-state index >= 15 is 0 Å². The maximum atomic E-state index is 13.7. The molecule has 1 aromatic carbocycles. The predicted octanol–water partition coefficient (Wildman–Crippen LogP) is 3.34. The zero-order valence-electron chi connectivity index (χ0n) is 9.56. The van der Waals surface area contributed by atoms with Gasteiger partial charge in [-0.15, -0.1) is 0 Å². The Kier molecular flexibility index (Phi) is 3.72. The molecule has 0 saturated heterocycles. The molecule has 0 amide bonds. The molecule has 17 heavy (non-hydrogen) atoms. The summed E-state index contributed by atoms with van der Waals surface area (Å²) in [6.07, 6.45) is 3.78. The van der Waals surface area contributed by atoms with Gasteiger partial charge in [-0.3, -0.25) is 0 Å². The van der Waals surface area contributed by atoms with Crippen LogP contribution in [0, 0.1) is 23.4 Å². The Morgan fingerprint density at radius 3 is 2.47 bits per heavy atom. The number of rotatable bonds is 2. The van der Waals surface area contributed by atoms with Crippen LogP contribution in [0.5, 0.6) is 0 Å². The number of hydrogen-bond acceptors (Lipinski definition) is 1. The number of benzene rings is 1. The normalized spacial score (nSPS) is 24.9. The van der Waals surface area contributed by atoms with Crippen molar-refractivity contribution < 1.29 is 13.2 Å². The molecule has 0 aromatic heterocycles. The first-order valence-corrected chi connectivity index (χ1v) is 5.98. The lowest BCUT2D eigenvalue weighted by molar-refractivity contribution is 0.303. The Morgan fingerprint density at radius 1 is 1.06 bits per heavy atom. The summed E-state index contributed by atoms with van der Waals surface area (Å²) in [6.45, 7) is 0.461. The van der Waals surface area contributed by atoms with Crippen LogP contribution in [-0.2, 0) is 0 Å². The van der Waals surface area contributed by atoms with Crippen molar-refractivity contribution in [3.8, 4) is 0 Å². The molecule has 1 nitrogen and oxygen atoms in total. The highest BCUT2D eigenvalue weighted by atomic mass is 19.2. The van der Waals surface area contributed by atoms with E-state index in [1.807, 2.05) is 0 Å².